The Morgan fingerprint density at radius 3 is 3.23 bits per heavy atom. The average molecular weight is 296 g/mol. The maximum atomic E-state index is 12.4. The zero-order valence-corrected chi connectivity index (χ0v) is 12.1. The zero-order chi connectivity index (χ0) is 15.1. The lowest BCUT2D eigenvalue weighted by molar-refractivity contribution is 0.0904. The van der Waals surface area contributed by atoms with Crippen LogP contribution in [0.2, 0.25) is 0 Å². The van der Waals surface area contributed by atoms with Crippen LogP contribution in [-0.4, -0.2) is 41.5 Å². The number of carbonyl (C=O) groups excluding carboxylic acids is 1. The monoisotopic (exact) mass is 296 g/mol. The number of hydrogen-bond acceptors (Lipinski definition) is 5. The standard InChI is InChI=1S/C16H16N4O2/c17-5-11-9-22-15-4-14(18-6-13(11)15)16(21)19-12-3-10-1-2-20(7-10)8-12/h4,6,9-10,12H,1-3,7-8H2,(H,19,21)/t10-,12+/m0/s1. The summed E-state index contributed by atoms with van der Waals surface area (Å²) in [5.41, 5.74) is 1.29. The highest BCUT2D eigenvalue weighted by atomic mass is 16.3. The zero-order valence-electron chi connectivity index (χ0n) is 12.1. The normalized spacial score (nSPS) is 26.8. The summed E-state index contributed by atoms with van der Waals surface area (Å²) in [4.78, 5) is 18.9. The van der Waals surface area contributed by atoms with Crippen LogP contribution in [0.25, 0.3) is 11.0 Å². The van der Waals surface area contributed by atoms with Crippen LogP contribution in [0.5, 0.6) is 0 Å². The van der Waals surface area contributed by atoms with E-state index in [0.717, 1.165) is 19.5 Å². The number of piperidine rings is 1. The fourth-order valence-electron chi connectivity index (χ4n) is 3.56. The molecule has 0 aliphatic carbocycles. The maximum Gasteiger partial charge on any atom is 0.270 e. The van der Waals surface area contributed by atoms with E-state index in [1.165, 1.54) is 25.4 Å². The molecule has 6 heteroatoms. The molecule has 6 nitrogen and oxygen atoms in total. The van der Waals surface area contributed by atoms with E-state index in [9.17, 15) is 4.79 Å². The van der Waals surface area contributed by atoms with E-state index in [1.807, 2.05) is 6.07 Å². The van der Waals surface area contributed by atoms with Gasteiger partial charge in [-0.25, -0.2) is 0 Å². The van der Waals surface area contributed by atoms with Crippen LogP contribution in [0.4, 0.5) is 0 Å². The van der Waals surface area contributed by atoms with Gasteiger partial charge in [-0.05, 0) is 25.3 Å². The molecule has 112 valence electrons. The first-order chi connectivity index (χ1) is 10.7. The Morgan fingerprint density at radius 2 is 2.41 bits per heavy atom. The van der Waals surface area contributed by atoms with Gasteiger partial charge >= 0.3 is 0 Å². The van der Waals surface area contributed by atoms with Crippen LogP contribution < -0.4 is 5.32 Å². The van der Waals surface area contributed by atoms with Gasteiger partial charge in [-0.3, -0.25) is 9.78 Å². The molecule has 2 bridgehead atoms. The highest BCUT2D eigenvalue weighted by molar-refractivity contribution is 5.96. The Labute approximate surface area is 127 Å². The molecule has 1 unspecified atom stereocenters. The molecule has 22 heavy (non-hydrogen) atoms. The molecule has 0 aromatic carbocycles. The minimum atomic E-state index is -0.177. The number of nitrogens with zero attached hydrogens (tertiary/aromatic N) is 3. The molecule has 3 atom stereocenters. The second kappa shape index (κ2) is 5.11. The van der Waals surface area contributed by atoms with E-state index in [2.05, 4.69) is 15.2 Å². The third-order valence-corrected chi connectivity index (χ3v) is 4.61. The fraction of sp³-hybridized carbons (Fsp3) is 0.438. The van der Waals surface area contributed by atoms with Crippen molar-refractivity contribution in [2.45, 2.75) is 18.9 Å². The van der Waals surface area contributed by atoms with E-state index in [-0.39, 0.29) is 11.9 Å². The summed E-state index contributed by atoms with van der Waals surface area (Å²) in [6.07, 6.45) is 5.20. The van der Waals surface area contributed by atoms with Gasteiger partial charge in [-0.2, -0.15) is 5.26 Å². The second-order valence-electron chi connectivity index (χ2n) is 6.15. The predicted molar refractivity (Wildman–Crippen MR) is 79.1 cm³/mol. The van der Waals surface area contributed by atoms with Crippen LogP contribution in [0.1, 0.15) is 28.9 Å². The summed E-state index contributed by atoms with van der Waals surface area (Å²) >= 11 is 0. The number of pyridine rings is 1. The quantitative estimate of drug-likeness (QED) is 0.908. The number of amides is 1. The molecule has 4 rings (SSSR count). The predicted octanol–water partition coefficient (Wildman–Crippen LogP) is 1.52. The molecule has 2 fully saturated rings. The largest absolute Gasteiger partial charge is 0.463 e. The Morgan fingerprint density at radius 1 is 1.50 bits per heavy atom. The molecule has 2 aliphatic heterocycles. The number of fused-ring (bicyclic) bond motifs is 3. The van der Waals surface area contributed by atoms with Gasteiger partial charge in [0.15, 0.2) is 0 Å². The number of rotatable bonds is 2. The highest BCUT2D eigenvalue weighted by Gasteiger charge is 2.33. The van der Waals surface area contributed by atoms with Crippen LogP contribution in [0.15, 0.2) is 22.9 Å². The summed E-state index contributed by atoms with van der Waals surface area (Å²) in [7, 11) is 0. The molecule has 0 spiro atoms. The summed E-state index contributed by atoms with van der Waals surface area (Å²) < 4.78 is 5.31. The fourth-order valence-corrected chi connectivity index (χ4v) is 3.56. The van der Waals surface area contributed by atoms with Crippen molar-refractivity contribution < 1.29 is 9.21 Å². The molecular weight excluding hydrogens is 280 g/mol. The maximum absolute atomic E-state index is 12.4. The minimum Gasteiger partial charge on any atom is -0.463 e. The van der Waals surface area contributed by atoms with Gasteiger partial charge < -0.3 is 14.6 Å². The number of nitriles is 1. The molecule has 1 amide bonds. The number of carbonyl (C=O) groups is 1. The van der Waals surface area contributed by atoms with Crippen molar-refractivity contribution >= 4 is 16.9 Å². The van der Waals surface area contributed by atoms with Crippen molar-refractivity contribution in [2.75, 3.05) is 19.6 Å². The van der Waals surface area contributed by atoms with E-state index in [0.29, 0.717) is 28.1 Å². The van der Waals surface area contributed by atoms with Crippen LogP contribution in [0, 0.1) is 17.2 Å². The number of aromatic nitrogens is 1. The van der Waals surface area contributed by atoms with Gasteiger partial charge in [0.1, 0.15) is 23.6 Å². The lowest BCUT2D eigenvalue weighted by atomic mass is 9.97. The number of nitrogens with one attached hydrogen (secondary N) is 1. The lowest BCUT2D eigenvalue weighted by Crippen LogP contribution is -2.47. The van der Waals surface area contributed by atoms with E-state index in [4.69, 9.17) is 9.68 Å². The lowest BCUT2D eigenvalue weighted by Gasteiger charge is -2.30. The second-order valence-corrected chi connectivity index (χ2v) is 6.15. The van der Waals surface area contributed by atoms with Crippen LogP contribution in [0.3, 0.4) is 0 Å². The third-order valence-electron chi connectivity index (χ3n) is 4.61. The topological polar surface area (TPSA) is 82.2 Å². The summed E-state index contributed by atoms with van der Waals surface area (Å²) in [6, 6.07) is 3.83. The van der Waals surface area contributed by atoms with E-state index < -0.39 is 0 Å². The third kappa shape index (κ3) is 2.24. The summed E-state index contributed by atoms with van der Waals surface area (Å²) in [5.74, 6) is 0.530. The number of furan rings is 1. The first-order valence-electron chi connectivity index (χ1n) is 7.53. The Hall–Kier alpha value is -2.39. The van der Waals surface area contributed by atoms with Crippen LogP contribution in [-0.2, 0) is 0 Å². The Bertz CT molecular complexity index is 764. The molecule has 0 radical (unpaired) electrons. The van der Waals surface area contributed by atoms with E-state index >= 15 is 0 Å². The van der Waals surface area contributed by atoms with Crippen molar-refractivity contribution in [1.82, 2.24) is 15.2 Å². The van der Waals surface area contributed by atoms with Crippen molar-refractivity contribution in [3.05, 3.63) is 29.8 Å². The van der Waals surface area contributed by atoms with E-state index in [1.54, 1.807) is 6.07 Å². The summed E-state index contributed by atoms with van der Waals surface area (Å²) in [6.45, 7) is 3.23. The van der Waals surface area contributed by atoms with Crippen molar-refractivity contribution in [3.63, 3.8) is 0 Å². The molecule has 2 aromatic heterocycles. The molecule has 2 saturated heterocycles. The summed E-state index contributed by atoms with van der Waals surface area (Å²) in [5, 5.41) is 12.7. The minimum absolute atomic E-state index is 0.177. The SMILES string of the molecule is N#Cc1coc2cc(C(=O)N[C@@H]3C[C@@H]4CCN(C4)C3)ncc12. The van der Waals surface area contributed by atoms with Crippen molar-refractivity contribution in [1.29, 1.82) is 5.26 Å². The highest BCUT2D eigenvalue weighted by Crippen LogP contribution is 2.27. The van der Waals surface area contributed by atoms with Gasteiger partial charge in [0.05, 0.1) is 10.9 Å². The van der Waals surface area contributed by atoms with Crippen LogP contribution >= 0.6 is 0 Å². The molecule has 2 aromatic rings. The Balaban J connectivity index is 1.52. The van der Waals surface area contributed by atoms with Gasteiger partial charge in [-0.1, -0.05) is 0 Å². The van der Waals surface area contributed by atoms with Gasteiger partial charge in [-0.15, -0.1) is 0 Å². The first kappa shape index (κ1) is 13.3. The molecule has 4 heterocycles. The first-order valence-corrected chi connectivity index (χ1v) is 7.53. The van der Waals surface area contributed by atoms with Gasteiger partial charge in [0.2, 0.25) is 0 Å². The molecular formula is C16H16N4O2. The molecule has 0 saturated carbocycles. The van der Waals surface area contributed by atoms with Crippen molar-refractivity contribution in [2.24, 2.45) is 5.92 Å². The Kier molecular flexibility index (Phi) is 3.09. The molecule has 1 N–H and O–H groups in total. The van der Waals surface area contributed by atoms with Crippen molar-refractivity contribution in [3.8, 4) is 6.07 Å². The van der Waals surface area contributed by atoms with Gasteiger partial charge in [0, 0.05) is 31.4 Å². The smallest absolute Gasteiger partial charge is 0.270 e. The number of hydrogen-bond donors (Lipinski definition) is 1. The van der Waals surface area contributed by atoms with Gasteiger partial charge in [0.25, 0.3) is 5.91 Å². The average Bonchev–Trinajstić information content (AvgIpc) is 3.09. The molecule has 2 aliphatic rings.